The van der Waals surface area contributed by atoms with Gasteiger partial charge < -0.3 is 5.73 Å². The van der Waals surface area contributed by atoms with E-state index >= 15 is 0 Å². The van der Waals surface area contributed by atoms with Crippen LogP contribution < -0.4 is 5.73 Å². The number of Topliss-reactive ketones (excluding diaryl/α,β-unsaturated/α-hetero) is 1. The Bertz CT molecular complexity index is 271. The summed E-state index contributed by atoms with van der Waals surface area (Å²) in [7, 11) is 0. The third-order valence-corrected chi connectivity index (χ3v) is 3.51. The first-order chi connectivity index (χ1) is 8.00. The van der Waals surface area contributed by atoms with Gasteiger partial charge in [-0.2, -0.15) is 0 Å². The van der Waals surface area contributed by atoms with Gasteiger partial charge in [-0.05, 0) is 26.7 Å². The van der Waals surface area contributed by atoms with E-state index in [9.17, 15) is 9.59 Å². The number of hydrogen-bond acceptors (Lipinski definition) is 3. The van der Waals surface area contributed by atoms with Crippen molar-refractivity contribution in [2.45, 2.75) is 52.0 Å². The fourth-order valence-corrected chi connectivity index (χ4v) is 2.38. The molecule has 0 spiro atoms. The minimum Gasteiger partial charge on any atom is -0.369 e. The van der Waals surface area contributed by atoms with Crippen LogP contribution in [0.15, 0.2) is 0 Å². The second-order valence-electron chi connectivity index (χ2n) is 5.27. The number of rotatable bonds is 6. The lowest BCUT2D eigenvalue weighted by Gasteiger charge is -2.27. The quantitative estimate of drug-likeness (QED) is 0.762. The Morgan fingerprint density at radius 2 is 1.76 bits per heavy atom. The van der Waals surface area contributed by atoms with Crippen LogP contribution in [-0.4, -0.2) is 35.7 Å². The highest BCUT2D eigenvalue weighted by Crippen LogP contribution is 2.24. The molecule has 0 saturated heterocycles. The van der Waals surface area contributed by atoms with E-state index in [1.807, 2.05) is 18.7 Å². The van der Waals surface area contributed by atoms with E-state index in [1.54, 1.807) is 0 Å². The summed E-state index contributed by atoms with van der Waals surface area (Å²) in [5.41, 5.74) is 5.19. The predicted molar refractivity (Wildman–Crippen MR) is 67.5 cm³/mol. The first-order valence-electron chi connectivity index (χ1n) is 6.55. The van der Waals surface area contributed by atoms with Crippen molar-refractivity contribution >= 4 is 11.7 Å². The molecule has 1 fully saturated rings. The monoisotopic (exact) mass is 240 g/mol. The fraction of sp³-hybridized carbons (Fsp3) is 0.846. The van der Waals surface area contributed by atoms with Crippen LogP contribution in [0.3, 0.4) is 0 Å². The lowest BCUT2D eigenvalue weighted by atomic mass is 9.86. The van der Waals surface area contributed by atoms with Crippen molar-refractivity contribution in [3.63, 3.8) is 0 Å². The summed E-state index contributed by atoms with van der Waals surface area (Å²) in [4.78, 5) is 24.9. The molecule has 0 aromatic carbocycles. The zero-order valence-electron chi connectivity index (χ0n) is 10.9. The van der Waals surface area contributed by atoms with Gasteiger partial charge in [-0.15, -0.1) is 0 Å². The molecule has 2 N–H and O–H groups in total. The molecular formula is C13H24N2O2. The van der Waals surface area contributed by atoms with Gasteiger partial charge in [0.15, 0.2) is 0 Å². The third-order valence-electron chi connectivity index (χ3n) is 3.51. The Labute approximate surface area is 104 Å². The number of carbonyl (C=O) groups excluding carboxylic acids is 2. The first-order valence-corrected chi connectivity index (χ1v) is 6.55. The molecule has 0 bridgehead atoms. The summed E-state index contributed by atoms with van der Waals surface area (Å²) < 4.78 is 0. The largest absolute Gasteiger partial charge is 0.369 e. The Kier molecular flexibility index (Phi) is 5.62. The van der Waals surface area contributed by atoms with Crippen LogP contribution in [0.2, 0.25) is 0 Å². The van der Waals surface area contributed by atoms with Crippen molar-refractivity contribution in [2.75, 3.05) is 13.1 Å². The summed E-state index contributed by atoms with van der Waals surface area (Å²) >= 11 is 0. The first kappa shape index (κ1) is 14.2. The van der Waals surface area contributed by atoms with Crippen LogP contribution in [0, 0.1) is 5.92 Å². The summed E-state index contributed by atoms with van der Waals surface area (Å²) in [5, 5.41) is 0. The van der Waals surface area contributed by atoms with E-state index in [-0.39, 0.29) is 30.2 Å². The maximum Gasteiger partial charge on any atom is 0.231 e. The zero-order chi connectivity index (χ0) is 12.8. The van der Waals surface area contributed by atoms with Crippen LogP contribution in [-0.2, 0) is 9.59 Å². The molecule has 0 atom stereocenters. The van der Waals surface area contributed by atoms with Crippen molar-refractivity contribution in [3.8, 4) is 0 Å². The highest BCUT2D eigenvalue weighted by Gasteiger charge is 2.24. The number of nitrogens with two attached hydrogens (primary N) is 1. The smallest absolute Gasteiger partial charge is 0.231 e. The summed E-state index contributed by atoms with van der Waals surface area (Å²) in [5.74, 6) is 0.118. The van der Waals surface area contributed by atoms with Crippen molar-refractivity contribution in [2.24, 2.45) is 11.7 Å². The lowest BCUT2D eigenvalue weighted by Crippen LogP contribution is -2.43. The summed E-state index contributed by atoms with van der Waals surface area (Å²) in [6.45, 7) is 4.51. The Morgan fingerprint density at radius 1 is 1.18 bits per heavy atom. The van der Waals surface area contributed by atoms with E-state index in [0.29, 0.717) is 6.54 Å². The molecule has 1 aliphatic carbocycles. The Balaban J connectivity index is 2.47. The Morgan fingerprint density at radius 3 is 2.24 bits per heavy atom. The number of nitrogens with zero attached hydrogens (tertiary/aromatic N) is 1. The van der Waals surface area contributed by atoms with E-state index in [1.165, 1.54) is 6.42 Å². The number of hydrogen-bond donors (Lipinski definition) is 1. The molecule has 4 heteroatoms. The van der Waals surface area contributed by atoms with Gasteiger partial charge in [-0.3, -0.25) is 14.5 Å². The molecule has 17 heavy (non-hydrogen) atoms. The van der Waals surface area contributed by atoms with Gasteiger partial charge in [-0.1, -0.05) is 19.3 Å². The average Bonchev–Trinajstić information content (AvgIpc) is 2.28. The maximum atomic E-state index is 12.1. The molecule has 0 aromatic heterocycles. The summed E-state index contributed by atoms with van der Waals surface area (Å²) in [6, 6.07) is 0.176. The van der Waals surface area contributed by atoms with Gasteiger partial charge in [0, 0.05) is 12.0 Å². The molecule has 0 heterocycles. The number of carbonyl (C=O) groups is 2. The molecule has 0 aromatic rings. The molecular weight excluding hydrogens is 216 g/mol. The van der Waals surface area contributed by atoms with E-state index in [4.69, 9.17) is 5.73 Å². The van der Waals surface area contributed by atoms with E-state index in [0.717, 1.165) is 25.7 Å². The predicted octanol–water partition coefficient (Wildman–Crippen LogP) is 1.33. The van der Waals surface area contributed by atoms with Gasteiger partial charge in [0.2, 0.25) is 5.91 Å². The average molecular weight is 240 g/mol. The third kappa shape index (κ3) is 4.86. The SMILES string of the molecule is CC(C)N(CC(N)=O)CC(=O)C1CCCCC1. The van der Waals surface area contributed by atoms with E-state index < -0.39 is 0 Å². The Hall–Kier alpha value is -0.900. The van der Waals surface area contributed by atoms with Crippen molar-refractivity contribution in [3.05, 3.63) is 0 Å². The second kappa shape index (κ2) is 6.74. The van der Waals surface area contributed by atoms with Crippen LogP contribution in [0.5, 0.6) is 0 Å². The van der Waals surface area contributed by atoms with Crippen LogP contribution in [0.4, 0.5) is 0 Å². The molecule has 1 saturated carbocycles. The van der Waals surface area contributed by atoms with Crippen molar-refractivity contribution in [1.82, 2.24) is 4.90 Å². The van der Waals surface area contributed by atoms with Crippen LogP contribution in [0.25, 0.3) is 0 Å². The number of ketones is 1. The van der Waals surface area contributed by atoms with Gasteiger partial charge in [0.1, 0.15) is 5.78 Å². The normalized spacial score (nSPS) is 17.6. The minimum atomic E-state index is -0.366. The highest BCUT2D eigenvalue weighted by atomic mass is 16.1. The zero-order valence-corrected chi connectivity index (χ0v) is 10.9. The van der Waals surface area contributed by atoms with Crippen LogP contribution >= 0.6 is 0 Å². The van der Waals surface area contributed by atoms with Gasteiger partial charge >= 0.3 is 0 Å². The standard InChI is InChI=1S/C13H24N2O2/c1-10(2)15(9-13(14)17)8-12(16)11-6-4-3-5-7-11/h10-11H,3-9H2,1-2H3,(H2,14,17). The second-order valence-corrected chi connectivity index (χ2v) is 5.27. The topological polar surface area (TPSA) is 63.4 Å². The van der Waals surface area contributed by atoms with Gasteiger partial charge in [-0.25, -0.2) is 0 Å². The molecule has 1 aliphatic rings. The molecule has 0 aliphatic heterocycles. The highest BCUT2D eigenvalue weighted by molar-refractivity contribution is 5.84. The lowest BCUT2D eigenvalue weighted by molar-refractivity contribution is -0.126. The van der Waals surface area contributed by atoms with Gasteiger partial charge in [0.05, 0.1) is 13.1 Å². The van der Waals surface area contributed by atoms with Crippen molar-refractivity contribution < 1.29 is 9.59 Å². The van der Waals surface area contributed by atoms with Gasteiger partial charge in [0.25, 0.3) is 0 Å². The molecule has 1 amide bonds. The fourth-order valence-electron chi connectivity index (χ4n) is 2.38. The minimum absolute atomic E-state index is 0.176. The number of primary amides is 1. The maximum absolute atomic E-state index is 12.1. The molecule has 4 nitrogen and oxygen atoms in total. The van der Waals surface area contributed by atoms with E-state index in [2.05, 4.69) is 0 Å². The molecule has 98 valence electrons. The summed E-state index contributed by atoms with van der Waals surface area (Å²) in [6.07, 6.45) is 5.60. The molecule has 0 unspecified atom stereocenters. The van der Waals surface area contributed by atoms with Crippen LogP contribution in [0.1, 0.15) is 46.0 Å². The number of amides is 1. The molecule has 1 rings (SSSR count). The molecule has 0 radical (unpaired) electrons. The van der Waals surface area contributed by atoms with Crippen molar-refractivity contribution in [1.29, 1.82) is 0 Å².